The molecule has 0 fully saturated rings. The van der Waals surface area contributed by atoms with Gasteiger partial charge in [-0.15, -0.1) is 0 Å². The van der Waals surface area contributed by atoms with Gasteiger partial charge in [0.05, 0.1) is 12.6 Å². The van der Waals surface area contributed by atoms with Gasteiger partial charge in [-0.2, -0.15) is 0 Å². The molecule has 4 heteroatoms. The molecule has 0 saturated heterocycles. The molecule has 1 unspecified atom stereocenters. The first-order valence-electron chi connectivity index (χ1n) is 6.70. The summed E-state index contributed by atoms with van der Waals surface area (Å²) in [6.45, 7) is 6.95. The summed E-state index contributed by atoms with van der Waals surface area (Å²) in [6.07, 6.45) is 0.248. The summed E-state index contributed by atoms with van der Waals surface area (Å²) >= 11 is 0. The van der Waals surface area contributed by atoms with Crippen LogP contribution in [-0.2, 0) is 4.79 Å². The zero-order valence-corrected chi connectivity index (χ0v) is 11.8. The maximum Gasteiger partial charge on any atom is 0.239 e. The number of amides is 1. The van der Waals surface area contributed by atoms with Gasteiger partial charge in [0, 0.05) is 23.3 Å². The van der Waals surface area contributed by atoms with Crippen molar-refractivity contribution in [2.45, 2.75) is 38.8 Å². The fraction of sp³-hybridized carbons (Fsp3) is 0.533. The summed E-state index contributed by atoms with van der Waals surface area (Å²) < 4.78 is 0. The molecular formula is C15H22N2O2. The van der Waals surface area contributed by atoms with Crippen molar-refractivity contribution in [3.05, 3.63) is 29.8 Å². The smallest absolute Gasteiger partial charge is 0.239 e. The average Bonchev–Trinajstić information content (AvgIpc) is 2.31. The second-order valence-electron chi connectivity index (χ2n) is 6.08. The number of fused-ring (bicyclic) bond motifs is 1. The summed E-state index contributed by atoms with van der Waals surface area (Å²) in [6, 6.07) is 7.74. The first kappa shape index (κ1) is 13.9. The minimum atomic E-state index is -0.418. The Labute approximate surface area is 114 Å². The molecule has 19 heavy (non-hydrogen) atoms. The number of aliphatic hydroxyl groups is 1. The molecule has 2 N–H and O–H groups in total. The Hall–Kier alpha value is -1.55. The maximum absolute atomic E-state index is 12.0. The minimum absolute atomic E-state index is 0.0127. The number of carbonyl (C=O) groups is 1. The lowest BCUT2D eigenvalue weighted by molar-refractivity contribution is -0.121. The number of nitrogens with zero attached hydrogens (tertiary/aromatic N) is 1. The van der Waals surface area contributed by atoms with Crippen LogP contribution in [0.5, 0.6) is 0 Å². The number of rotatable bonds is 2. The zero-order chi connectivity index (χ0) is 14.0. The van der Waals surface area contributed by atoms with Crippen molar-refractivity contribution < 1.29 is 9.90 Å². The Kier molecular flexibility index (Phi) is 3.80. The van der Waals surface area contributed by atoms with Gasteiger partial charge in [-0.3, -0.25) is 4.79 Å². The van der Waals surface area contributed by atoms with Crippen LogP contribution < -0.4 is 10.2 Å². The van der Waals surface area contributed by atoms with Gasteiger partial charge in [-0.1, -0.05) is 18.2 Å². The van der Waals surface area contributed by atoms with Crippen LogP contribution in [0.2, 0.25) is 0 Å². The summed E-state index contributed by atoms with van der Waals surface area (Å²) in [4.78, 5) is 14.0. The monoisotopic (exact) mass is 262 g/mol. The van der Waals surface area contributed by atoms with E-state index in [-0.39, 0.29) is 11.4 Å². The van der Waals surface area contributed by atoms with Crippen molar-refractivity contribution in [2.75, 3.05) is 18.0 Å². The number of hydrogen-bond donors (Lipinski definition) is 2. The Balaban J connectivity index is 2.11. The minimum Gasteiger partial charge on any atom is -0.388 e. The first-order valence-corrected chi connectivity index (χ1v) is 6.70. The van der Waals surface area contributed by atoms with Gasteiger partial charge >= 0.3 is 0 Å². The van der Waals surface area contributed by atoms with Crippen LogP contribution in [0.25, 0.3) is 0 Å². The number of aliphatic hydroxyl groups excluding tert-OH is 1. The average molecular weight is 262 g/mol. The lowest BCUT2D eigenvalue weighted by Crippen LogP contribution is -2.47. The number of hydrogen-bond acceptors (Lipinski definition) is 3. The van der Waals surface area contributed by atoms with Crippen LogP contribution in [-0.4, -0.2) is 29.6 Å². The molecule has 0 bridgehead atoms. The summed E-state index contributed by atoms with van der Waals surface area (Å²) in [5.74, 6) is 0.0127. The summed E-state index contributed by atoms with van der Waals surface area (Å²) in [7, 11) is 0. The van der Waals surface area contributed by atoms with E-state index in [2.05, 4.69) is 5.32 Å². The topological polar surface area (TPSA) is 52.6 Å². The van der Waals surface area contributed by atoms with Crippen molar-refractivity contribution in [1.82, 2.24) is 5.32 Å². The van der Waals surface area contributed by atoms with Gasteiger partial charge in [0.25, 0.3) is 0 Å². The molecule has 1 aliphatic rings. The molecule has 0 aromatic heterocycles. The van der Waals surface area contributed by atoms with Crippen molar-refractivity contribution >= 4 is 11.6 Å². The molecule has 1 aliphatic heterocycles. The lowest BCUT2D eigenvalue weighted by atomic mass is 9.99. The van der Waals surface area contributed by atoms with E-state index >= 15 is 0 Å². The van der Waals surface area contributed by atoms with E-state index < -0.39 is 6.10 Å². The summed E-state index contributed by atoms with van der Waals surface area (Å²) in [5.41, 5.74) is 1.66. The Morgan fingerprint density at radius 2 is 2.11 bits per heavy atom. The van der Waals surface area contributed by atoms with E-state index in [4.69, 9.17) is 0 Å². The number of carbonyl (C=O) groups excluding carboxylic acids is 1. The van der Waals surface area contributed by atoms with E-state index in [0.717, 1.165) is 11.3 Å². The van der Waals surface area contributed by atoms with Crippen LogP contribution in [0.3, 0.4) is 0 Å². The van der Waals surface area contributed by atoms with Crippen LogP contribution in [0.4, 0.5) is 5.69 Å². The number of para-hydroxylation sites is 1. The van der Waals surface area contributed by atoms with Crippen molar-refractivity contribution in [1.29, 1.82) is 0 Å². The van der Waals surface area contributed by atoms with Crippen molar-refractivity contribution in [3.63, 3.8) is 0 Å². The molecule has 104 valence electrons. The second kappa shape index (κ2) is 5.21. The molecule has 0 aliphatic carbocycles. The number of nitrogens with one attached hydrogen (secondary N) is 1. The molecule has 1 heterocycles. The highest BCUT2D eigenvalue weighted by molar-refractivity contribution is 5.82. The highest BCUT2D eigenvalue weighted by Crippen LogP contribution is 2.33. The van der Waals surface area contributed by atoms with Gasteiger partial charge in [0.15, 0.2) is 0 Å². The van der Waals surface area contributed by atoms with Gasteiger partial charge in [0.2, 0.25) is 5.91 Å². The van der Waals surface area contributed by atoms with E-state index in [1.807, 2.05) is 49.9 Å². The van der Waals surface area contributed by atoms with Gasteiger partial charge in [-0.05, 0) is 33.3 Å². The molecule has 0 radical (unpaired) electrons. The maximum atomic E-state index is 12.0. The van der Waals surface area contributed by atoms with Crippen LogP contribution in [0.15, 0.2) is 24.3 Å². The Bertz CT molecular complexity index is 465. The molecular weight excluding hydrogens is 240 g/mol. The predicted octanol–water partition coefficient (Wildman–Crippen LogP) is 1.84. The predicted molar refractivity (Wildman–Crippen MR) is 76.1 cm³/mol. The molecule has 0 saturated carbocycles. The van der Waals surface area contributed by atoms with Crippen LogP contribution in [0, 0.1) is 0 Å². The fourth-order valence-corrected chi connectivity index (χ4v) is 2.41. The molecule has 1 amide bonds. The standard InChI is InChI=1S/C15H22N2O2/c1-15(2,3)16-14(19)10-17-9-8-13(18)11-6-4-5-7-12(11)17/h4-7,13,18H,8-10H2,1-3H3,(H,16,19). The normalized spacial score (nSPS) is 18.9. The second-order valence-corrected chi connectivity index (χ2v) is 6.08. The zero-order valence-electron chi connectivity index (χ0n) is 11.8. The largest absolute Gasteiger partial charge is 0.388 e. The van der Waals surface area contributed by atoms with Crippen molar-refractivity contribution in [3.8, 4) is 0 Å². The molecule has 1 atom stereocenters. The number of benzene rings is 1. The fourth-order valence-electron chi connectivity index (χ4n) is 2.41. The molecule has 1 aromatic carbocycles. The third-order valence-electron chi connectivity index (χ3n) is 3.16. The highest BCUT2D eigenvalue weighted by Gasteiger charge is 2.25. The Morgan fingerprint density at radius 3 is 2.79 bits per heavy atom. The van der Waals surface area contributed by atoms with Crippen molar-refractivity contribution in [2.24, 2.45) is 0 Å². The van der Waals surface area contributed by atoms with E-state index in [1.165, 1.54) is 0 Å². The van der Waals surface area contributed by atoms with Crippen LogP contribution >= 0.6 is 0 Å². The van der Waals surface area contributed by atoms with E-state index in [1.54, 1.807) is 0 Å². The molecule has 2 rings (SSSR count). The van der Waals surface area contributed by atoms with E-state index in [0.29, 0.717) is 19.5 Å². The SMILES string of the molecule is CC(C)(C)NC(=O)CN1CCC(O)c2ccccc21. The molecule has 1 aromatic rings. The number of anilines is 1. The third kappa shape index (κ3) is 3.47. The van der Waals surface area contributed by atoms with Gasteiger partial charge < -0.3 is 15.3 Å². The lowest BCUT2D eigenvalue weighted by Gasteiger charge is -2.34. The quantitative estimate of drug-likeness (QED) is 0.855. The van der Waals surface area contributed by atoms with E-state index in [9.17, 15) is 9.90 Å². The Morgan fingerprint density at radius 1 is 1.42 bits per heavy atom. The van der Waals surface area contributed by atoms with Gasteiger partial charge in [0.1, 0.15) is 0 Å². The first-order chi connectivity index (χ1) is 8.87. The van der Waals surface area contributed by atoms with Gasteiger partial charge in [-0.25, -0.2) is 0 Å². The third-order valence-corrected chi connectivity index (χ3v) is 3.16. The van der Waals surface area contributed by atoms with Crippen LogP contribution in [0.1, 0.15) is 38.9 Å². The molecule has 4 nitrogen and oxygen atoms in total. The highest BCUT2D eigenvalue weighted by atomic mass is 16.3. The molecule has 0 spiro atoms. The summed E-state index contributed by atoms with van der Waals surface area (Å²) in [5, 5.41) is 12.9.